The number of carbonyl (C=O) groups excluding carboxylic acids is 2. The molecule has 2 aromatic heterocycles. The molecule has 5 rings (SSSR count). The molecule has 5 heterocycles. The quantitative estimate of drug-likeness (QED) is 0.664. The summed E-state index contributed by atoms with van der Waals surface area (Å²) in [5, 5.41) is 1.95. The fourth-order valence-electron chi connectivity index (χ4n) is 4.11. The first-order valence-electron chi connectivity index (χ1n) is 11.0. The van der Waals surface area contributed by atoms with Crippen molar-refractivity contribution in [1.82, 2.24) is 25.2 Å². The summed E-state index contributed by atoms with van der Waals surface area (Å²) < 4.78 is 0. The van der Waals surface area contributed by atoms with E-state index in [-0.39, 0.29) is 11.1 Å². The van der Waals surface area contributed by atoms with Crippen molar-refractivity contribution < 1.29 is 9.59 Å². The van der Waals surface area contributed by atoms with Gasteiger partial charge in [0.15, 0.2) is 0 Å². The Morgan fingerprint density at radius 2 is 1.70 bits per heavy atom. The van der Waals surface area contributed by atoms with Crippen LogP contribution in [0.25, 0.3) is 6.08 Å². The SMILES string of the molecule is CN1CCN(c2cc(C=C3SC(=O)NC3=O)nc(N3CCN(c4cccnc4)CC3)n2)CC1. The van der Waals surface area contributed by atoms with E-state index in [2.05, 4.69) is 43.0 Å². The van der Waals surface area contributed by atoms with Crippen LogP contribution in [0.15, 0.2) is 35.5 Å². The van der Waals surface area contributed by atoms with Crippen molar-refractivity contribution in [2.45, 2.75) is 0 Å². The highest BCUT2D eigenvalue weighted by atomic mass is 32.2. The Balaban J connectivity index is 1.40. The van der Waals surface area contributed by atoms with Crippen LogP contribution >= 0.6 is 11.8 Å². The van der Waals surface area contributed by atoms with Crippen molar-refractivity contribution in [3.63, 3.8) is 0 Å². The van der Waals surface area contributed by atoms with E-state index in [0.29, 0.717) is 16.5 Å². The number of hydrogen-bond acceptors (Lipinski definition) is 10. The summed E-state index contributed by atoms with van der Waals surface area (Å²) in [6.45, 7) is 6.94. The van der Waals surface area contributed by atoms with Crippen LogP contribution in [0.2, 0.25) is 0 Å². The second-order valence-electron chi connectivity index (χ2n) is 8.28. The van der Waals surface area contributed by atoms with E-state index < -0.39 is 0 Å². The lowest BCUT2D eigenvalue weighted by Gasteiger charge is -2.37. The van der Waals surface area contributed by atoms with Crippen LogP contribution < -0.4 is 20.0 Å². The first kappa shape index (κ1) is 21.7. The van der Waals surface area contributed by atoms with Gasteiger partial charge in [0.2, 0.25) is 5.95 Å². The zero-order chi connectivity index (χ0) is 22.8. The molecular weight excluding hydrogens is 440 g/mol. The molecule has 3 fully saturated rings. The molecule has 172 valence electrons. The van der Waals surface area contributed by atoms with Gasteiger partial charge in [-0.25, -0.2) is 4.98 Å². The summed E-state index contributed by atoms with van der Waals surface area (Å²) >= 11 is 0.904. The molecule has 0 atom stereocenters. The van der Waals surface area contributed by atoms with Crippen molar-refractivity contribution in [2.75, 3.05) is 74.1 Å². The van der Waals surface area contributed by atoms with E-state index in [1.54, 1.807) is 12.3 Å². The maximum atomic E-state index is 12.1. The van der Waals surface area contributed by atoms with Crippen molar-refractivity contribution in [3.8, 4) is 0 Å². The normalized spacial score (nSPS) is 21.1. The fourth-order valence-corrected chi connectivity index (χ4v) is 4.78. The Labute approximate surface area is 196 Å². The molecule has 33 heavy (non-hydrogen) atoms. The third kappa shape index (κ3) is 4.93. The first-order chi connectivity index (χ1) is 16.0. The number of likely N-dealkylation sites (N-methyl/N-ethyl adjacent to an activating group) is 1. The molecule has 0 aliphatic carbocycles. The number of pyridine rings is 1. The molecule has 1 N–H and O–H groups in total. The van der Waals surface area contributed by atoms with E-state index in [1.165, 1.54) is 0 Å². The molecule has 0 radical (unpaired) electrons. The van der Waals surface area contributed by atoms with Gasteiger partial charge in [-0.2, -0.15) is 4.98 Å². The maximum Gasteiger partial charge on any atom is 0.290 e. The molecule has 0 spiro atoms. The van der Waals surface area contributed by atoms with E-state index in [1.807, 2.05) is 18.3 Å². The van der Waals surface area contributed by atoms with Gasteiger partial charge in [-0.05, 0) is 37.0 Å². The Hall–Kier alpha value is -3.18. The summed E-state index contributed by atoms with van der Waals surface area (Å²) in [6, 6.07) is 5.93. The van der Waals surface area contributed by atoms with Crippen molar-refractivity contribution in [2.24, 2.45) is 0 Å². The molecule has 2 aromatic rings. The number of rotatable bonds is 4. The Morgan fingerprint density at radius 3 is 2.36 bits per heavy atom. The summed E-state index contributed by atoms with van der Waals surface area (Å²) in [4.78, 5) is 46.9. The summed E-state index contributed by atoms with van der Waals surface area (Å²) in [6.07, 6.45) is 5.35. The zero-order valence-electron chi connectivity index (χ0n) is 18.5. The molecule has 10 nitrogen and oxygen atoms in total. The van der Waals surface area contributed by atoms with Gasteiger partial charge in [-0.15, -0.1) is 0 Å². The topological polar surface area (TPSA) is 97.8 Å². The molecule has 0 unspecified atom stereocenters. The van der Waals surface area contributed by atoms with Crippen LogP contribution in [-0.2, 0) is 4.79 Å². The zero-order valence-corrected chi connectivity index (χ0v) is 19.3. The third-order valence-electron chi connectivity index (χ3n) is 6.04. The fraction of sp³-hybridized carbons (Fsp3) is 0.409. The number of thioether (sulfide) groups is 1. The number of nitrogens with zero attached hydrogens (tertiary/aromatic N) is 7. The van der Waals surface area contributed by atoms with Crippen molar-refractivity contribution in [3.05, 3.63) is 41.2 Å². The minimum Gasteiger partial charge on any atom is -0.367 e. The lowest BCUT2D eigenvalue weighted by molar-refractivity contribution is -0.115. The monoisotopic (exact) mass is 466 g/mol. The number of carbonyl (C=O) groups is 2. The van der Waals surface area contributed by atoms with Gasteiger partial charge in [0, 0.05) is 64.6 Å². The predicted octanol–water partition coefficient (Wildman–Crippen LogP) is 1.27. The maximum absolute atomic E-state index is 12.1. The van der Waals surface area contributed by atoms with Crippen LogP contribution in [0.3, 0.4) is 0 Å². The summed E-state index contributed by atoms with van der Waals surface area (Å²) in [5.41, 5.74) is 1.75. The molecule has 3 saturated heterocycles. The summed E-state index contributed by atoms with van der Waals surface area (Å²) in [5.74, 6) is 1.12. The van der Waals surface area contributed by atoms with E-state index in [4.69, 9.17) is 9.97 Å². The van der Waals surface area contributed by atoms with Crippen LogP contribution in [0, 0.1) is 0 Å². The van der Waals surface area contributed by atoms with Crippen molar-refractivity contribution >= 4 is 46.4 Å². The number of nitrogens with one attached hydrogen (secondary N) is 1. The van der Waals surface area contributed by atoms with Gasteiger partial charge in [-0.1, -0.05) is 0 Å². The lowest BCUT2D eigenvalue weighted by Crippen LogP contribution is -2.47. The van der Waals surface area contributed by atoms with E-state index in [9.17, 15) is 9.59 Å². The molecule has 11 heteroatoms. The number of amides is 2. The number of aromatic nitrogens is 3. The lowest BCUT2D eigenvalue weighted by atomic mass is 10.2. The Morgan fingerprint density at radius 1 is 0.970 bits per heavy atom. The molecule has 3 aliphatic heterocycles. The molecule has 0 bridgehead atoms. The van der Waals surface area contributed by atoms with Gasteiger partial charge in [0.1, 0.15) is 5.82 Å². The van der Waals surface area contributed by atoms with Gasteiger partial charge in [0.05, 0.1) is 22.5 Å². The average Bonchev–Trinajstić information content (AvgIpc) is 3.16. The van der Waals surface area contributed by atoms with Crippen molar-refractivity contribution in [1.29, 1.82) is 0 Å². The second kappa shape index (κ2) is 9.36. The smallest absolute Gasteiger partial charge is 0.290 e. The Bertz CT molecular complexity index is 1060. The highest BCUT2D eigenvalue weighted by Gasteiger charge is 2.27. The summed E-state index contributed by atoms with van der Waals surface area (Å²) in [7, 11) is 2.12. The predicted molar refractivity (Wildman–Crippen MR) is 130 cm³/mol. The second-order valence-corrected chi connectivity index (χ2v) is 9.29. The van der Waals surface area contributed by atoms with Crippen LogP contribution in [0.4, 0.5) is 22.2 Å². The standard InChI is InChI=1S/C22H26N8O2S/c1-27-5-7-29(8-6-27)19-14-16(13-18-20(31)26-22(32)33-18)24-21(25-19)30-11-9-28(10-12-30)17-3-2-4-23-15-17/h2-4,13-15H,5-12H2,1H3,(H,26,31,32). The number of hydrogen-bond donors (Lipinski definition) is 1. The van der Waals surface area contributed by atoms with Crippen LogP contribution in [0.1, 0.15) is 5.69 Å². The molecule has 0 saturated carbocycles. The van der Waals surface area contributed by atoms with Gasteiger partial charge < -0.3 is 19.6 Å². The van der Waals surface area contributed by atoms with Crippen LogP contribution in [-0.4, -0.2) is 90.4 Å². The first-order valence-corrected chi connectivity index (χ1v) is 11.8. The number of piperazine rings is 2. The Kier molecular flexibility index (Phi) is 6.14. The molecular formula is C22H26N8O2S. The van der Waals surface area contributed by atoms with Crippen LogP contribution in [0.5, 0.6) is 0 Å². The van der Waals surface area contributed by atoms with Gasteiger partial charge in [0.25, 0.3) is 11.1 Å². The third-order valence-corrected chi connectivity index (χ3v) is 6.85. The molecule has 3 aliphatic rings. The highest BCUT2D eigenvalue weighted by molar-refractivity contribution is 8.18. The van der Waals surface area contributed by atoms with E-state index in [0.717, 1.165) is 75.6 Å². The number of imide groups is 1. The average molecular weight is 467 g/mol. The minimum absolute atomic E-state index is 0.355. The van der Waals surface area contributed by atoms with Gasteiger partial charge in [-0.3, -0.25) is 19.9 Å². The molecule has 2 amide bonds. The minimum atomic E-state index is -0.378. The van der Waals surface area contributed by atoms with Gasteiger partial charge >= 0.3 is 0 Å². The largest absolute Gasteiger partial charge is 0.367 e. The van der Waals surface area contributed by atoms with E-state index >= 15 is 0 Å². The highest BCUT2D eigenvalue weighted by Crippen LogP contribution is 2.28. The number of anilines is 3. The molecule has 0 aromatic carbocycles.